The minimum Gasteiger partial charge on any atom is -0.493 e. The number of methoxy groups -OCH3 is 2. The number of hydrogen-bond acceptors (Lipinski definition) is 6. The summed E-state index contributed by atoms with van der Waals surface area (Å²) in [6, 6.07) is 23.1. The van der Waals surface area contributed by atoms with Crippen LogP contribution in [-0.2, 0) is 11.2 Å². The largest absolute Gasteiger partial charge is 0.493 e. The molecule has 1 unspecified atom stereocenters. The Morgan fingerprint density at radius 2 is 1.62 bits per heavy atom. The number of nitrogens with zero attached hydrogens (tertiary/aromatic N) is 2. The number of imidazole rings is 1. The number of rotatable bonds is 10. The minimum atomic E-state index is -1.11. The molecule has 1 amide bonds. The average molecular weight is 565 g/mol. The first kappa shape index (κ1) is 28.2. The highest BCUT2D eigenvalue weighted by molar-refractivity contribution is 5.97. The highest BCUT2D eigenvalue weighted by atomic mass is 16.5. The first-order chi connectivity index (χ1) is 20.3. The van der Waals surface area contributed by atoms with Gasteiger partial charge in [0, 0.05) is 29.4 Å². The molecule has 0 aliphatic carbocycles. The maximum Gasteiger partial charge on any atom is 0.326 e. The molecular weight excluding hydrogens is 532 g/mol. The number of pyridine rings is 1. The van der Waals surface area contributed by atoms with Crippen LogP contribution in [0.3, 0.4) is 0 Å². The highest BCUT2D eigenvalue weighted by Gasteiger charge is 2.23. The van der Waals surface area contributed by atoms with Gasteiger partial charge in [0.2, 0.25) is 0 Å². The SMILES string of the molecule is COc1ccc(-c2nc3cc(C(=O)NC(Cc4ccccc4)C(=O)O)ccn3c2Nc2c(C)cccc2C)cc1OC. The lowest BCUT2D eigenvalue weighted by atomic mass is 10.1. The van der Waals surface area contributed by atoms with Crippen molar-refractivity contribution >= 4 is 29.0 Å². The molecule has 5 rings (SSSR count). The average Bonchev–Trinajstić information content (AvgIpc) is 3.36. The van der Waals surface area contributed by atoms with Crippen molar-refractivity contribution in [1.82, 2.24) is 14.7 Å². The van der Waals surface area contributed by atoms with Gasteiger partial charge >= 0.3 is 5.97 Å². The first-order valence-corrected chi connectivity index (χ1v) is 13.4. The number of hydrogen-bond donors (Lipinski definition) is 3. The number of nitrogens with one attached hydrogen (secondary N) is 2. The van der Waals surface area contributed by atoms with Gasteiger partial charge in [-0.15, -0.1) is 0 Å². The lowest BCUT2D eigenvalue weighted by Gasteiger charge is -2.16. The Hall–Kier alpha value is -5.31. The van der Waals surface area contributed by atoms with Gasteiger partial charge in [-0.3, -0.25) is 9.20 Å². The van der Waals surface area contributed by atoms with Gasteiger partial charge in [-0.2, -0.15) is 0 Å². The fraction of sp³-hybridized carbons (Fsp3) is 0.182. The van der Waals surface area contributed by atoms with Crippen molar-refractivity contribution < 1.29 is 24.2 Å². The first-order valence-electron chi connectivity index (χ1n) is 13.4. The molecule has 0 aliphatic rings. The molecule has 0 saturated heterocycles. The van der Waals surface area contributed by atoms with Crippen molar-refractivity contribution in [2.24, 2.45) is 0 Å². The number of ether oxygens (including phenoxy) is 2. The molecule has 0 aliphatic heterocycles. The number of benzene rings is 3. The van der Waals surface area contributed by atoms with Crippen molar-refractivity contribution in [2.45, 2.75) is 26.3 Å². The van der Waals surface area contributed by atoms with Crippen molar-refractivity contribution in [3.63, 3.8) is 0 Å². The molecule has 5 aromatic rings. The second-order valence-corrected chi connectivity index (χ2v) is 9.97. The van der Waals surface area contributed by atoms with Gasteiger partial charge in [-0.05, 0) is 60.9 Å². The number of aliphatic carboxylic acids is 1. The number of para-hydroxylation sites is 1. The van der Waals surface area contributed by atoms with Crippen LogP contribution in [0.2, 0.25) is 0 Å². The molecule has 1 atom stereocenters. The van der Waals surface area contributed by atoms with Crippen LogP contribution in [0, 0.1) is 13.8 Å². The molecule has 42 heavy (non-hydrogen) atoms. The molecule has 0 fully saturated rings. The third-order valence-corrected chi connectivity index (χ3v) is 7.16. The third kappa shape index (κ3) is 5.76. The Bertz CT molecular complexity index is 1740. The standard InChI is InChI=1S/C33H32N4O5/c1-20-9-8-10-21(2)29(20)36-31-30(23-13-14-26(41-3)27(18-23)42-4)35-28-19-24(15-16-37(28)31)32(38)34-25(33(39)40)17-22-11-6-5-7-12-22/h5-16,18-19,25,36H,17H2,1-4H3,(H,34,38)(H,39,40). The maximum absolute atomic E-state index is 13.2. The summed E-state index contributed by atoms with van der Waals surface area (Å²) in [6.07, 6.45) is 1.92. The van der Waals surface area contributed by atoms with E-state index in [0.29, 0.717) is 34.2 Å². The zero-order valence-electron chi connectivity index (χ0n) is 23.8. The Morgan fingerprint density at radius 1 is 0.905 bits per heavy atom. The predicted molar refractivity (Wildman–Crippen MR) is 162 cm³/mol. The second-order valence-electron chi connectivity index (χ2n) is 9.97. The number of carbonyl (C=O) groups is 2. The number of aromatic nitrogens is 2. The Balaban J connectivity index is 1.55. The molecule has 9 nitrogen and oxygen atoms in total. The van der Waals surface area contributed by atoms with Crippen LogP contribution in [-0.4, -0.2) is 46.6 Å². The van der Waals surface area contributed by atoms with E-state index in [4.69, 9.17) is 14.5 Å². The molecule has 2 heterocycles. The van der Waals surface area contributed by atoms with Crippen LogP contribution >= 0.6 is 0 Å². The minimum absolute atomic E-state index is 0.167. The van der Waals surface area contributed by atoms with Crippen molar-refractivity contribution in [3.8, 4) is 22.8 Å². The summed E-state index contributed by atoms with van der Waals surface area (Å²) in [5.74, 6) is 0.250. The van der Waals surface area contributed by atoms with Gasteiger partial charge in [-0.1, -0.05) is 48.5 Å². The zero-order chi connectivity index (χ0) is 29.8. The number of carboxylic acids is 1. The summed E-state index contributed by atoms with van der Waals surface area (Å²) in [5.41, 5.74) is 6.13. The molecule has 0 bridgehead atoms. The molecule has 3 aromatic carbocycles. The van der Waals surface area contributed by atoms with E-state index in [1.807, 2.05) is 85.0 Å². The molecule has 2 aromatic heterocycles. The van der Waals surface area contributed by atoms with Gasteiger partial charge in [0.05, 0.1) is 14.2 Å². The fourth-order valence-electron chi connectivity index (χ4n) is 4.91. The summed E-state index contributed by atoms with van der Waals surface area (Å²) in [6.45, 7) is 4.07. The zero-order valence-corrected chi connectivity index (χ0v) is 23.8. The van der Waals surface area contributed by atoms with Crippen LogP contribution < -0.4 is 20.1 Å². The fourth-order valence-corrected chi connectivity index (χ4v) is 4.91. The lowest BCUT2D eigenvalue weighted by Crippen LogP contribution is -2.42. The lowest BCUT2D eigenvalue weighted by molar-refractivity contribution is -0.139. The molecule has 0 radical (unpaired) electrons. The molecule has 9 heteroatoms. The van der Waals surface area contributed by atoms with Crippen molar-refractivity contribution in [1.29, 1.82) is 0 Å². The normalized spacial score (nSPS) is 11.6. The van der Waals surface area contributed by atoms with E-state index in [2.05, 4.69) is 10.6 Å². The van der Waals surface area contributed by atoms with Crippen LogP contribution in [0.25, 0.3) is 16.9 Å². The molecule has 0 spiro atoms. The topological polar surface area (TPSA) is 114 Å². The number of anilines is 2. The van der Waals surface area contributed by atoms with Gasteiger partial charge in [0.1, 0.15) is 23.2 Å². The summed E-state index contributed by atoms with van der Waals surface area (Å²) in [4.78, 5) is 30.1. The summed E-state index contributed by atoms with van der Waals surface area (Å²) < 4.78 is 12.8. The van der Waals surface area contributed by atoms with E-state index in [1.165, 1.54) is 0 Å². The van der Waals surface area contributed by atoms with Gasteiger partial charge in [-0.25, -0.2) is 9.78 Å². The predicted octanol–water partition coefficient (Wildman–Crippen LogP) is 5.80. The quantitative estimate of drug-likeness (QED) is 0.196. The van der Waals surface area contributed by atoms with Gasteiger partial charge in [0.25, 0.3) is 5.91 Å². The van der Waals surface area contributed by atoms with E-state index in [1.54, 1.807) is 32.5 Å². The summed E-state index contributed by atoms with van der Waals surface area (Å²) in [7, 11) is 3.16. The van der Waals surface area contributed by atoms with Gasteiger partial charge in [0.15, 0.2) is 11.5 Å². The van der Waals surface area contributed by atoms with E-state index in [9.17, 15) is 14.7 Å². The molecule has 3 N–H and O–H groups in total. The summed E-state index contributed by atoms with van der Waals surface area (Å²) in [5, 5.41) is 16.0. The third-order valence-electron chi connectivity index (χ3n) is 7.16. The van der Waals surface area contributed by atoms with E-state index < -0.39 is 17.9 Å². The highest BCUT2D eigenvalue weighted by Crippen LogP contribution is 2.37. The molecule has 0 saturated carbocycles. The van der Waals surface area contributed by atoms with Gasteiger partial charge < -0.3 is 25.2 Å². The number of carboxylic acid groups (broad SMARTS) is 1. The van der Waals surface area contributed by atoms with Crippen LogP contribution in [0.15, 0.2) is 85.1 Å². The number of carbonyl (C=O) groups excluding carboxylic acids is 1. The monoisotopic (exact) mass is 564 g/mol. The molecule has 214 valence electrons. The van der Waals surface area contributed by atoms with Crippen LogP contribution in [0.4, 0.5) is 11.5 Å². The second kappa shape index (κ2) is 12.1. The number of aryl methyl sites for hydroxylation is 2. The van der Waals surface area contributed by atoms with Crippen molar-refractivity contribution in [2.75, 3.05) is 19.5 Å². The maximum atomic E-state index is 13.2. The van der Waals surface area contributed by atoms with E-state index >= 15 is 0 Å². The van der Waals surface area contributed by atoms with E-state index in [-0.39, 0.29) is 6.42 Å². The number of amides is 1. The van der Waals surface area contributed by atoms with Crippen LogP contribution in [0.1, 0.15) is 27.0 Å². The smallest absolute Gasteiger partial charge is 0.326 e. The van der Waals surface area contributed by atoms with E-state index in [0.717, 1.165) is 27.9 Å². The number of fused-ring (bicyclic) bond motifs is 1. The molecular formula is C33H32N4O5. The Kier molecular flexibility index (Phi) is 8.10. The Labute approximate surface area is 243 Å². The Morgan fingerprint density at radius 3 is 2.29 bits per heavy atom. The van der Waals surface area contributed by atoms with Crippen LogP contribution in [0.5, 0.6) is 11.5 Å². The summed E-state index contributed by atoms with van der Waals surface area (Å²) >= 11 is 0. The van der Waals surface area contributed by atoms with Crippen molar-refractivity contribution in [3.05, 3.63) is 107 Å².